The van der Waals surface area contributed by atoms with Crippen molar-refractivity contribution < 1.29 is 0 Å². The maximum absolute atomic E-state index is 4.16. The summed E-state index contributed by atoms with van der Waals surface area (Å²) in [5.74, 6) is 0. The van der Waals surface area contributed by atoms with Crippen LogP contribution in [-0.4, -0.2) is 6.54 Å². The molecule has 0 radical (unpaired) electrons. The van der Waals surface area contributed by atoms with E-state index in [1.165, 1.54) is 28.7 Å². The number of hydrogen-bond acceptors (Lipinski definition) is 1. The minimum atomic E-state index is 0.414. The van der Waals surface area contributed by atoms with Crippen LogP contribution in [0.5, 0.6) is 0 Å². The molecule has 1 rings (SSSR count). The van der Waals surface area contributed by atoms with Crippen LogP contribution in [0.3, 0.4) is 0 Å². The van der Waals surface area contributed by atoms with Gasteiger partial charge in [-0.05, 0) is 56.3 Å². The van der Waals surface area contributed by atoms with Crippen LogP contribution < -0.4 is 5.32 Å². The molecule has 0 amide bonds. The van der Waals surface area contributed by atoms with Crippen molar-refractivity contribution in [2.24, 2.45) is 0 Å². The first kappa shape index (κ1) is 15.0. The largest absolute Gasteiger partial charge is 0.310 e. The van der Waals surface area contributed by atoms with E-state index in [1.54, 1.807) is 0 Å². The molecule has 0 aliphatic heterocycles. The fraction of sp³-hybridized carbons (Fsp3) is 0.529. The molecule has 0 saturated carbocycles. The summed E-state index contributed by atoms with van der Waals surface area (Å²) in [5.41, 5.74) is 5.54. The van der Waals surface area contributed by atoms with Crippen LogP contribution in [0.2, 0.25) is 0 Å². The summed E-state index contributed by atoms with van der Waals surface area (Å²) in [6.07, 6.45) is 3.27. The number of benzene rings is 1. The van der Waals surface area contributed by atoms with Gasteiger partial charge in [0.1, 0.15) is 0 Å². The molecule has 1 nitrogen and oxygen atoms in total. The first-order chi connectivity index (χ1) is 8.60. The Morgan fingerprint density at radius 3 is 2.61 bits per heavy atom. The SMILES string of the molecule is C=C(CC)CC(NCCC)c1cccc(C)c1C. The van der Waals surface area contributed by atoms with Crippen LogP contribution in [0, 0.1) is 13.8 Å². The highest BCUT2D eigenvalue weighted by Crippen LogP contribution is 2.26. The molecule has 1 heteroatoms. The highest BCUT2D eigenvalue weighted by Gasteiger charge is 2.14. The van der Waals surface area contributed by atoms with E-state index in [0.717, 1.165) is 19.4 Å². The molecule has 0 bridgehead atoms. The van der Waals surface area contributed by atoms with Gasteiger partial charge in [-0.3, -0.25) is 0 Å². The van der Waals surface area contributed by atoms with E-state index in [1.807, 2.05) is 0 Å². The highest BCUT2D eigenvalue weighted by atomic mass is 14.9. The van der Waals surface area contributed by atoms with Crippen molar-refractivity contribution in [3.05, 3.63) is 47.0 Å². The Labute approximate surface area is 112 Å². The van der Waals surface area contributed by atoms with E-state index in [0.29, 0.717) is 6.04 Å². The van der Waals surface area contributed by atoms with E-state index in [2.05, 4.69) is 57.8 Å². The molecule has 1 aromatic carbocycles. The molecule has 0 aliphatic carbocycles. The quantitative estimate of drug-likeness (QED) is 0.687. The Kier molecular flexibility index (Phi) is 6.14. The zero-order valence-corrected chi connectivity index (χ0v) is 12.3. The van der Waals surface area contributed by atoms with Gasteiger partial charge in [0.05, 0.1) is 0 Å². The summed E-state index contributed by atoms with van der Waals surface area (Å²) in [5, 5.41) is 3.66. The van der Waals surface area contributed by atoms with Crippen LogP contribution in [0.1, 0.15) is 55.8 Å². The van der Waals surface area contributed by atoms with Crippen LogP contribution in [0.15, 0.2) is 30.4 Å². The van der Waals surface area contributed by atoms with Gasteiger partial charge in [-0.25, -0.2) is 0 Å². The molecule has 0 aliphatic rings. The van der Waals surface area contributed by atoms with Crippen molar-refractivity contribution in [3.63, 3.8) is 0 Å². The van der Waals surface area contributed by atoms with E-state index in [4.69, 9.17) is 0 Å². The van der Waals surface area contributed by atoms with Crippen molar-refractivity contribution in [1.29, 1.82) is 0 Å². The molecule has 18 heavy (non-hydrogen) atoms. The van der Waals surface area contributed by atoms with Crippen molar-refractivity contribution in [2.75, 3.05) is 6.54 Å². The summed E-state index contributed by atoms with van der Waals surface area (Å²) >= 11 is 0. The highest BCUT2D eigenvalue weighted by molar-refractivity contribution is 5.36. The second-order valence-corrected chi connectivity index (χ2v) is 5.10. The van der Waals surface area contributed by atoms with E-state index in [-0.39, 0.29) is 0 Å². The Balaban J connectivity index is 2.93. The first-order valence-electron chi connectivity index (χ1n) is 7.06. The van der Waals surface area contributed by atoms with Crippen molar-refractivity contribution in [3.8, 4) is 0 Å². The third-order valence-corrected chi connectivity index (χ3v) is 3.66. The van der Waals surface area contributed by atoms with Gasteiger partial charge >= 0.3 is 0 Å². The Bertz CT molecular complexity index is 393. The second-order valence-electron chi connectivity index (χ2n) is 5.10. The number of aryl methyl sites for hydroxylation is 1. The Hall–Kier alpha value is -1.08. The minimum absolute atomic E-state index is 0.414. The summed E-state index contributed by atoms with van der Waals surface area (Å²) in [6.45, 7) is 14.0. The zero-order chi connectivity index (χ0) is 13.5. The fourth-order valence-electron chi connectivity index (χ4n) is 2.19. The molecular weight excluding hydrogens is 218 g/mol. The van der Waals surface area contributed by atoms with Crippen LogP contribution >= 0.6 is 0 Å². The average molecular weight is 245 g/mol. The Morgan fingerprint density at radius 1 is 1.28 bits per heavy atom. The van der Waals surface area contributed by atoms with Gasteiger partial charge < -0.3 is 5.32 Å². The van der Waals surface area contributed by atoms with Crippen molar-refractivity contribution in [2.45, 2.75) is 53.0 Å². The smallest absolute Gasteiger partial charge is 0.0360 e. The molecule has 1 aromatic rings. The van der Waals surface area contributed by atoms with Gasteiger partial charge in [0.2, 0.25) is 0 Å². The average Bonchev–Trinajstić information content (AvgIpc) is 2.37. The third kappa shape index (κ3) is 3.99. The fourth-order valence-corrected chi connectivity index (χ4v) is 2.19. The van der Waals surface area contributed by atoms with Gasteiger partial charge in [0.25, 0.3) is 0 Å². The monoisotopic (exact) mass is 245 g/mol. The molecule has 0 fully saturated rings. The molecule has 0 aromatic heterocycles. The molecule has 0 spiro atoms. The predicted molar refractivity (Wildman–Crippen MR) is 81.0 cm³/mol. The lowest BCUT2D eigenvalue weighted by Gasteiger charge is -2.22. The minimum Gasteiger partial charge on any atom is -0.310 e. The van der Waals surface area contributed by atoms with Gasteiger partial charge in [-0.15, -0.1) is 0 Å². The summed E-state index contributed by atoms with van der Waals surface area (Å²) < 4.78 is 0. The number of rotatable bonds is 7. The van der Waals surface area contributed by atoms with Crippen LogP contribution in [0.4, 0.5) is 0 Å². The lowest BCUT2D eigenvalue weighted by atomic mass is 9.92. The number of nitrogens with one attached hydrogen (secondary N) is 1. The normalized spacial score (nSPS) is 12.4. The molecule has 0 saturated heterocycles. The van der Waals surface area contributed by atoms with Gasteiger partial charge in [0, 0.05) is 6.04 Å². The van der Waals surface area contributed by atoms with E-state index in [9.17, 15) is 0 Å². The topological polar surface area (TPSA) is 12.0 Å². The Morgan fingerprint density at radius 2 is 2.00 bits per heavy atom. The van der Waals surface area contributed by atoms with Crippen molar-refractivity contribution in [1.82, 2.24) is 5.32 Å². The van der Waals surface area contributed by atoms with E-state index < -0.39 is 0 Å². The summed E-state index contributed by atoms with van der Waals surface area (Å²) in [6, 6.07) is 7.01. The maximum Gasteiger partial charge on any atom is 0.0360 e. The second kappa shape index (κ2) is 7.38. The first-order valence-corrected chi connectivity index (χ1v) is 7.06. The summed E-state index contributed by atoms with van der Waals surface area (Å²) in [7, 11) is 0. The van der Waals surface area contributed by atoms with Crippen molar-refractivity contribution >= 4 is 0 Å². The maximum atomic E-state index is 4.16. The number of hydrogen-bond donors (Lipinski definition) is 1. The third-order valence-electron chi connectivity index (χ3n) is 3.66. The molecule has 100 valence electrons. The molecular formula is C17H27N. The predicted octanol–water partition coefficient (Wildman–Crippen LogP) is 4.70. The van der Waals surface area contributed by atoms with Crippen LogP contribution in [-0.2, 0) is 0 Å². The van der Waals surface area contributed by atoms with Crippen LogP contribution in [0.25, 0.3) is 0 Å². The molecule has 1 atom stereocenters. The van der Waals surface area contributed by atoms with Gasteiger partial charge in [-0.1, -0.05) is 44.2 Å². The van der Waals surface area contributed by atoms with E-state index >= 15 is 0 Å². The van der Waals surface area contributed by atoms with Gasteiger partial charge in [0.15, 0.2) is 0 Å². The molecule has 1 unspecified atom stereocenters. The molecule has 0 heterocycles. The van der Waals surface area contributed by atoms with Gasteiger partial charge in [-0.2, -0.15) is 0 Å². The lowest BCUT2D eigenvalue weighted by molar-refractivity contribution is 0.521. The standard InChI is InChI=1S/C17H27N/c1-6-11-18-17(12-13(3)7-2)16-10-8-9-14(4)15(16)5/h8-10,17-18H,3,6-7,11-12H2,1-2,4-5H3. The lowest BCUT2D eigenvalue weighted by Crippen LogP contribution is -2.23. The summed E-state index contributed by atoms with van der Waals surface area (Å²) in [4.78, 5) is 0. The zero-order valence-electron chi connectivity index (χ0n) is 12.3. The molecule has 1 N–H and O–H groups in total.